The van der Waals surface area contributed by atoms with Crippen LogP contribution in [0, 0.1) is 5.92 Å². The molecular weight excluding hydrogens is 282 g/mol. The number of hydrogen-bond donors (Lipinski definition) is 1. The average Bonchev–Trinajstić information content (AvgIpc) is 2.50. The highest BCUT2D eigenvalue weighted by molar-refractivity contribution is 5.89. The number of benzene rings is 1. The standard InChI is InChI=1S/C17H23NO4/c1-13(2)9-10-18-16(19)12-22-17(20)8-7-14-5-4-6-15(11-14)21-3/h4-8,11,13H,9-10,12H2,1-3H3,(H,18,19)/b8-7+. The molecule has 0 atom stereocenters. The van der Waals surface area contributed by atoms with Gasteiger partial charge in [0.2, 0.25) is 0 Å². The number of carbonyl (C=O) groups is 2. The van der Waals surface area contributed by atoms with Gasteiger partial charge in [-0.25, -0.2) is 4.79 Å². The number of rotatable bonds is 8. The molecule has 0 saturated carbocycles. The summed E-state index contributed by atoms with van der Waals surface area (Å²) in [7, 11) is 1.58. The predicted molar refractivity (Wildman–Crippen MR) is 85.5 cm³/mol. The first-order valence-electron chi connectivity index (χ1n) is 7.27. The lowest BCUT2D eigenvalue weighted by Gasteiger charge is -2.07. The molecule has 0 fully saturated rings. The molecular formula is C17H23NO4. The Balaban J connectivity index is 2.33. The fraction of sp³-hybridized carbons (Fsp3) is 0.412. The van der Waals surface area contributed by atoms with Crippen molar-refractivity contribution in [1.82, 2.24) is 5.32 Å². The predicted octanol–water partition coefficient (Wildman–Crippen LogP) is 2.41. The van der Waals surface area contributed by atoms with E-state index in [9.17, 15) is 9.59 Å². The van der Waals surface area contributed by atoms with Crippen LogP contribution in [0.25, 0.3) is 6.08 Å². The maximum absolute atomic E-state index is 11.5. The third-order valence-corrected chi connectivity index (χ3v) is 2.90. The lowest BCUT2D eigenvalue weighted by Crippen LogP contribution is -2.29. The lowest BCUT2D eigenvalue weighted by molar-refractivity contribution is -0.143. The number of methoxy groups -OCH3 is 1. The topological polar surface area (TPSA) is 64.6 Å². The second-order valence-corrected chi connectivity index (χ2v) is 5.25. The molecule has 0 aliphatic carbocycles. The number of esters is 1. The Bertz CT molecular complexity index is 523. The van der Waals surface area contributed by atoms with Crippen molar-refractivity contribution < 1.29 is 19.1 Å². The number of ether oxygens (including phenoxy) is 2. The minimum atomic E-state index is -0.554. The molecule has 0 aliphatic heterocycles. The lowest BCUT2D eigenvalue weighted by atomic mass is 10.1. The quantitative estimate of drug-likeness (QED) is 0.592. The molecule has 0 bridgehead atoms. The van der Waals surface area contributed by atoms with Crippen molar-refractivity contribution in [2.75, 3.05) is 20.3 Å². The third-order valence-electron chi connectivity index (χ3n) is 2.90. The van der Waals surface area contributed by atoms with Crippen molar-refractivity contribution in [3.8, 4) is 5.75 Å². The van der Waals surface area contributed by atoms with Gasteiger partial charge in [-0.3, -0.25) is 4.79 Å². The Morgan fingerprint density at radius 3 is 2.77 bits per heavy atom. The normalized spacial score (nSPS) is 10.7. The first-order chi connectivity index (χ1) is 10.5. The number of amides is 1. The summed E-state index contributed by atoms with van der Waals surface area (Å²) in [6.07, 6.45) is 3.80. The molecule has 0 aromatic heterocycles. The molecule has 0 heterocycles. The molecule has 1 aromatic carbocycles. The van der Waals surface area contributed by atoms with Crippen molar-refractivity contribution in [2.45, 2.75) is 20.3 Å². The monoisotopic (exact) mass is 305 g/mol. The van der Waals surface area contributed by atoms with E-state index >= 15 is 0 Å². The maximum Gasteiger partial charge on any atom is 0.331 e. The minimum Gasteiger partial charge on any atom is -0.497 e. The minimum absolute atomic E-state index is 0.265. The van der Waals surface area contributed by atoms with E-state index in [4.69, 9.17) is 9.47 Å². The maximum atomic E-state index is 11.5. The van der Waals surface area contributed by atoms with E-state index < -0.39 is 5.97 Å². The highest BCUT2D eigenvalue weighted by Gasteiger charge is 2.05. The van der Waals surface area contributed by atoms with Crippen LogP contribution in [0.2, 0.25) is 0 Å². The van der Waals surface area contributed by atoms with Gasteiger partial charge in [0.1, 0.15) is 5.75 Å². The van der Waals surface area contributed by atoms with Crippen LogP contribution in [0.3, 0.4) is 0 Å². The van der Waals surface area contributed by atoms with E-state index in [-0.39, 0.29) is 12.5 Å². The number of nitrogens with one attached hydrogen (secondary N) is 1. The zero-order valence-electron chi connectivity index (χ0n) is 13.3. The molecule has 1 N–H and O–H groups in total. The number of hydrogen-bond acceptors (Lipinski definition) is 4. The summed E-state index contributed by atoms with van der Waals surface area (Å²) in [5, 5.41) is 2.70. The second-order valence-electron chi connectivity index (χ2n) is 5.25. The highest BCUT2D eigenvalue weighted by atomic mass is 16.5. The van der Waals surface area contributed by atoms with Crippen molar-refractivity contribution >= 4 is 18.0 Å². The molecule has 1 aromatic rings. The van der Waals surface area contributed by atoms with Crippen LogP contribution >= 0.6 is 0 Å². The van der Waals surface area contributed by atoms with Crippen molar-refractivity contribution in [2.24, 2.45) is 5.92 Å². The van der Waals surface area contributed by atoms with Crippen molar-refractivity contribution in [3.63, 3.8) is 0 Å². The molecule has 120 valence electrons. The highest BCUT2D eigenvalue weighted by Crippen LogP contribution is 2.13. The zero-order chi connectivity index (χ0) is 16.4. The smallest absolute Gasteiger partial charge is 0.331 e. The Kier molecular flexibility index (Phi) is 7.75. The zero-order valence-corrected chi connectivity index (χ0v) is 13.3. The third kappa shape index (κ3) is 7.47. The molecule has 0 spiro atoms. The molecule has 0 saturated heterocycles. The molecule has 0 aliphatic rings. The molecule has 0 radical (unpaired) electrons. The Morgan fingerprint density at radius 1 is 1.32 bits per heavy atom. The second kappa shape index (κ2) is 9.60. The van der Waals surface area contributed by atoms with Crippen LogP contribution in [-0.4, -0.2) is 32.1 Å². The molecule has 0 unspecified atom stereocenters. The van der Waals surface area contributed by atoms with Crippen LogP contribution in [0.4, 0.5) is 0 Å². The van der Waals surface area contributed by atoms with Gasteiger partial charge in [0.05, 0.1) is 7.11 Å². The van der Waals surface area contributed by atoms with Crippen molar-refractivity contribution in [3.05, 3.63) is 35.9 Å². The Hall–Kier alpha value is -2.30. The fourth-order valence-electron chi connectivity index (χ4n) is 1.65. The largest absolute Gasteiger partial charge is 0.497 e. The van der Waals surface area contributed by atoms with Gasteiger partial charge in [-0.2, -0.15) is 0 Å². The van der Waals surface area contributed by atoms with E-state index in [2.05, 4.69) is 19.2 Å². The van der Waals surface area contributed by atoms with Gasteiger partial charge < -0.3 is 14.8 Å². The van der Waals surface area contributed by atoms with Gasteiger partial charge in [-0.1, -0.05) is 26.0 Å². The molecule has 22 heavy (non-hydrogen) atoms. The Morgan fingerprint density at radius 2 is 2.09 bits per heavy atom. The summed E-state index contributed by atoms with van der Waals surface area (Å²) in [6.45, 7) is 4.48. The summed E-state index contributed by atoms with van der Waals surface area (Å²) in [4.78, 5) is 23.0. The fourth-order valence-corrected chi connectivity index (χ4v) is 1.65. The van der Waals surface area contributed by atoms with E-state index in [0.717, 1.165) is 12.0 Å². The van der Waals surface area contributed by atoms with Gasteiger partial charge in [0.25, 0.3) is 5.91 Å². The summed E-state index contributed by atoms with van der Waals surface area (Å²) in [5.41, 5.74) is 0.817. The van der Waals surface area contributed by atoms with Crippen LogP contribution in [0.1, 0.15) is 25.8 Å². The summed E-state index contributed by atoms with van der Waals surface area (Å²) < 4.78 is 9.96. The molecule has 5 nitrogen and oxygen atoms in total. The van der Waals surface area contributed by atoms with E-state index in [1.54, 1.807) is 19.3 Å². The van der Waals surface area contributed by atoms with E-state index in [0.29, 0.717) is 18.2 Å². The molecule has 1 amide bonds. The van der Waals surface area contributed by atoms with Gasteiger partial charge in [-0.15, -0.1) is 0 Å². The Labute approximate surface area is 131 Å². The van der Waals surface area contributed by atoms with Gasteiger partial charge in [0, 0.05) is 12.6 Å². The van der Waals surface area contributed by atoms with E-state index in [1.165, 1.54) is 6.08 Å². The first-order valence-corrected chi connectivity index (χ1v) is 7.27. The van der Waals surface area contributed by atoms with Gasteiger partial charge in [-0.05, 0) is 36.1 Å². The van der Waals surface area contributed by atoms with E-state index in [1.807, 2.05) is 18.2 Å². The summed E-state index contributed by atoms with van der Waals surface area (Å²) in [5.74, 6) is 0.388. The van der Waals surface area contributed by atoms with Gasteiger partial charge in [0.15, 0.2) is 6.61 Å². The number of carbonyl (C=O) groups excluding carboxylic acids is 2. The van der Waals surface area contributed by atoms with Crippen LogP contribution < -0.4 is 10.1 Å². The molecule has 1 rings (SSSR count). The SMILES string of the molecule is COc1cccc(/C=C/C(=O)OCC(=O)NCCC(C)C)c1. The molecule has 5 heteroatoms. The average molecular weight is 305 g/mol. The van der Waals surface area contributed by atoms with Crippen LogP contribution in [0.15, 0.2) is 30.3 Å². The first kappa shape index (κ1) is 17.8. The summed E-state index contributed by atoms with van der Waals surface area (Å²) >= 11 is 0. The van der Waals surface area contributed by atoms with Crippen LogP contribution in [-0.2, 0) is 14.3 Å². The van der Waals surface area contributed by atoms with Crippen LogP contribution in [0.5, 0.6) is 5.75 Å². The summed E-state index contributed by atoms with van der Waals surface area (Å²) in [6, 6.07) is 7.27. The van der Waals surface area contributed by atoms with Crippen molar-refractivity contribution in [1.29, 1.82) is 0 Å². The van der Waals surface area contributed by atoms with Gasteiger partial charge >= 0.3 is 5.97 Å².